The summed E-state index contributed by atoms with van der Waals surface area (Å²) in [6, 6.07) is 5.72. The molecule has 1 unspecified atom stereocenters. The average Bonchev–Trinajstić information content (AvgIpc) is 2.85. The van der Waals surface area contributed by atoms with Crippen molar-refractivity contribution in [2.75, 3.05) is 18.5 Å². The van der Waals surface area contributed by atoms with Crippen LogP contribution in [0.15, 0.2) is 24.5 Å². The Bertz CT molecular complexity index is 576. The highest BCUT2D eigenvalue weighted by Gasteiger charge is 2.24. The van der Waals surface area contributed by atoms with Gasteiger partial charge in [0.25, 0.3) is 0 Å². The second-order valence-electron chi connectivity index (χ2n) is 5.09. The summed E-state index contributed by atoms with van der Waals surface area (Å²) >= 11 is 0. The standard InChI is InChI=1S/C14H20N4O/c1-9(2)11(7-15)14(19)18(3)10-4-5-12-13(6-10)17-8-16-12/h4-6,8-9,11H,7,15H2,1-3H3,(H,16,17). The minimum absolute atomic E-state index is 0.0522. The highest BCUT2D eigenvalue weighted by Crippen LogP contribution is 2.22. The number of aromatic amines is 1. The third kappa shape index (κ3) is 2.61. The van der Waals surface area contributed by atoms with Crippen LogP contribution in [0.2, 0.25) is 0 Å². The van der Waals surface area contributed by atoms with Gasteiger partial charge >= 0.3 is 0 Å². The number of H-pyrrole nitrogens is 1. The Kier molecular flexibility index (Phi) is 3.85. The quantitative estimate of drug-likeness (QED) is 0.879. The minimum Gasteiger partial charge on any atom is -0.345 e. The van der Waals surface area contributed by atoms with E-state index < -0.39 is 0 Å². The summed E-state index contributed by atoms with van der Waals surface area (Å²) in [6.45, 7) is 4.40. The normalized spacial score (nSPS) is 12.9. The van der Waals surface area contributed by atoms with Crippen molar-refractivity contribution >= 4 is 22.6 Å². The van der Waals surface area contributed by atoms with E-state index in [1.165, 1.54) is 0 Å². The SMILES string of the molecule is CC(C)C(CN)C(=O)N(C)c1ccc2nc[nH]c2c1. The molecule has 19 heavy (non-hydrogen) atoms. The average molecular weight is 260 g/mol. The molecular weight excluding hydrogens is 240 g/mol. The van der Waals surface area contributed by atoms with E-state index in [4.69, 9.17) is 5.73 Å². The van der Waals surface area contributed by atoms with E-state index in [1.54, 1.807) is 18.3 Å². The van der Waals surface area contributed by atoms with Crippen molar-refractivity contribution in [3.05, 3.63) is 24.5 Å². The van der Waals surface area contributed by atoms with Gasteiger partial charge in [-0.1, -0.05) is 13.8 Å². The first-order valence-corrected chi connectivity index (χ1v) is 6.45. The van der Waals surface area contributed by atoms with Gasteiger partial charge in [-0.15, -0.1) is 0 Å². The van der Waals surface area contributed by atoms with Crippen LogP contribution in [0.3, 0.4) is 0 Å². The number of hydrogen-bond acceptors (Lipinski definition) is 3. The van der Waals surface area contributed by atoms with Crippen LogP contribution in [0.25, 0.3) is 11.0 Å². The van der Waals surface area contributed by atoms with Gasteiger partial charge in [-0.3, -0.25) is 4.79 Å². The number of carbonyl (C=O) groups excluding carboxylic acids is 1. The number of rotatable bonds is 4. The predicted octanol–water partition coefficient (Wildman–Crippen LogP) is 1.76. The van der Waals surface area contributed by atoms with E-state index in [2.05, 4.69) is 9.97 Å². The lowest BCUT2D eigenvalue weighted by Crippen LogP contribution is -2.39. The van der Waals surface area contributed by atoms with Crippen LogP contribution in [-0.2, 0) is 4.79 Å². The summed E-state index contributed by atoms with van der Waals surface area (Å²) in [4.78, 5) is 21.3. The number of anilines is 1. The number of carbonyl (C=O) groups is 1. The van der Waals surface area contributed by atoms with E-state index in [9.17, 15) is 4.79 Å². The maximum absolute atomic E-state index is 12.4. The number of fused-ring (bicyclic) bond motifs is 1. The Hall–Kier alpha value is -1.88. The molecule has 2 aromatic rings. The molecule has 0 saturated heterocycles. The molecule has 0 aliphatic heterocycles. The second-order valence-corrected chi connectivity index (χ2v) is 5.09. The zero-order chi connectivity index (χ0) is 14.0. The summed E-state index contributed by atoms with van der Waals surface area (Å²) in [7, 11) is 1.78. The van der Waals surface area contributed by atoms with Crippen LogP contribution in [0.4, 0.5) is 5.69 Å². The molecule has 1 aromatic heterocycles. The van der Waals surface area contributed by atoms with Crippen molar-refractivity contribution in [3.8, 4) is 0 Å². The monoisotopic (exact) mass is 260 g/mol. The molecule has 1 heterocycles. The number of nitrogens with two attached hydrogens (primary N) is 1. The molecule has 102 valence electrons. The molecule has 3 N–H and O–H groups in total. The molecule has 0 radical (unpaired) electrons. The molecule has 5 heteroatoms. The third-order valence-electron chi connectivity index (χ3n) is 3.50. The van der Waals surface area contributed by atoms with E-state index in [1.807, 2.05) is 32.0 Å². The van der Waals surface area contributed by atoms with E-state index in [0.29, 0.717) is 6.54 Å². The fourth-order valence-electron chi connectivity index (χ4n) is 2.17. The Balaban J connectivity index is 2.27. The van der Waals surface area contributed by atoms with Gasteiger partial charge in [0.1, 0.15) is 0 Å². The molecule has 2 rings (SSSR count). The topological polar surface area (TPSA) is 75.0 Å². The highest BCUT2D eigenvalue weighted by atomic mass is 16.2. The van der Waals surface area contributed by atoms with Gasteiger partial charge in [-0.25, -0.2) is 4.98 Å². The van der Waals surface area contributed by atoms with Crippen molar-refractivity contribution in [2.24, 2.45) is 17.6 Å². The lowest BCUT2D eigenvalue weighted by Gasteiger charge is -2.25. The van der Waals surface area contributed by atoms with Crippen LogP contribution < -0.4 is 10.6 Å². The van der Waals surface area contributed by atoms with Gasteiger partial charge in [0.2, 0.25) is 5.91 Å². The molecule has 0 aliphatic carbocycles. The van der Waals surface area contributed by atoms with Crippen LogP contribution in [0.1, 0.15) is 13.8 Å². The summed E-state index contributed by atoms with van der Waals surface area (Å²) in [5.74, 6) is 0.134. The first kappa shape index (κ1) is 13.5. The molecule has 1 aromatic carbocycles. The number of nitrogens with one attached hydrogen (secondary N) is 1. The first-order valence-electron chi connectivity index (χ1n) is 6.45. The fourth-order valence-corrected chi connectivity index (χ4v) is 2.17. The Labute approximate surface area is 112 Å². The zero-order valence-corrected chi connectivity index (χ0v) is 11.6. The summed E-state index contributed by atoms with van der Waals surface area (Å²) in [6.07, 6.45) is 1.65. The first-order chi connectivity index (χ1) is 9.04. The third-order valence-corrected chi connectivity index (χ3v) is 3.50. The molecule has 1 atom stereocenters. The summed E-state index contributed by atoms with van der Waals surface area (Å²) < 4.78 is 0. The molecule has 5 nitrogen and oxygen atoms in total. The molecule has 0 aliphatic rings. The van der Waals surface area contributed by atoms with Crippen LogP contribution in [-0.4, -0.2) is 29.5 Å². The molecule has 0 saturated carbocycles. The number of aromatic nitrogens is 2. The number of benzene rings is 1. The smallest absolute Gasteiger partial charge is 0.231 e. The molecule has 0 bridgehead atoms. The number of imidazole rings is 1. The molecule has 1 amide bonds. The second kappa shape index (κ2) is 5.40. The molecule has 0 spiro atoms. The van der Waals surface area contributed by atoms with Crippen LogP contribution in [0.5, 0.6) is 0 Å². The fraction of sp³-hybridized carbons (Fsp3) is 0.429. The van der Waals surface area contributed by atoms with E-state index in [0.717, 1.165) is 16.7 Å². The zero-order valence-electron chi connectivity index (χ0n) is 11.6. The van der Waals surface area contributed by atoms with Crippen molar-refractivity contribution in [1.29, 1.82) is 0 Å². The largest absolute Gasteiger partial charge is 0.345 e. The minimum atomic E-state index is -0.150. The number of nitrogens with zero attached hydrogens (tertiary/aromatic N) is 2. The van der Waals surface area contributed by atoms with E-state index >= 15 is 0 Å². The van der Waals surface area contributed by atoms with Gasteiger partial charge in [0, 0.05) is 19.3 Å². The van der Waals surface area contributed by atoms with Crippen molar-refractivity contribution in [2.45, 2.75) is 13.8 Å². The lowest BCUT2D eigenvalue weighted by atomic mass is 9.94. The maximum Gasteiger partial charge on any atom is 0.231 e. The summed E-state index contributed by atoms with van der Waals surface area (Å²) in [5, 5.41) is 0. The van der Waals surface area contributed by atoms with Gasteiger partial charge in [0.15, 0.2) is 0 Å². The van der Waals surface area contributed by atoms with Crippen molar-refractivity contribution < 1.29 is 4.79 Å². The highest BCUT2D eigenvalue weighted by molar-refractivity contribution is 5.96. The van der Waals surface area contributed by atoms with E-state index in [-0.39, 0.29) is 17.7 Å². The predicted molar refractivity (Wildman–Crippen MR) is 76.9 cm³/mol. The summed E-state index contributed by atoms with van der Waals surface area (Å²) in [5.41, 5.74) is 8.36. The van der Waals surface area contributed by atoms with Crippen molar-refractivity contribution in [3.63, 3.8) is 0 Å². The number of hydrogen-bond donors (Lipinski definition) is 2. The van der Waals surface area contributed by atoms with Crippen LogP contribution >= 0.6 is 0 Å². The Morgan fingerprint density at radius 2 is 2.21 bits per heavy atom. The van der Waals surface area contributed by atoms with Gasteiger partial charge in [0.05, 0.1) is 23.3 Å². The number of amides is 1. The lowest BCUT2D eigenvalue weighted by molar-refractivity contribution is -0.123. The van der Waals surface area contributed by atoms with Crippen molar-refractivity contribution in [1.82, 2.24) is 9.97 Å². The van der Waals surface area contributed by atoms with Gasteiger partial charge in [-0.2, -0.15) is 0 Å². The maximum atomic E-state index is 12.4. The Morgan fingerprint density at radius 1 is 1.47 bits per heavy atom. The molecular formula is C14H20N4O. The Morgan fingerprint density at radius 3 is 2.84 bits per heavy atom. The van der Waals surface area contributed by atoms with Gasteiger partial charge in [-0.05, 0) is 24.1 Å². The van der Waals surface area contributed by atoms with Crippen LogP contribution in [0, 0.1) is 11.8 Å². The van der Waals surface area contributed by atoms with Gasteiger partial charge < -0.3 is 15.6 Å². The molecule has 0 fully saturated rings.